The molecule has 0 spiro atoms. The lowest BCUT2D eigenvalue weighted by Gasteiger charge is -2.18. The van der Waals surface area contributed by atoms with Gasteiger partial charge in [-0.1, -0.05) is 0 Å². The van der Waals surface area contributed by atoms with E-state index in [0.717, 1.165) is 18.7 Å². The minimum absolute atomic E-state index is 0.137. The second-order valence-corrected chi connectivity index (χ2v) is 5.25. The smallest absolute Gasteiger partial charge is 0.337 e. The highest BCUT2D eigenvalue weighted by molar-refractivity contribution is 5.77. The van der Waals surface area contributed by atoms with E-state index < -0.39 is 11.6 Å². The van der Waals surface area contributed by atoms with Gasteiger partial charge in [-0.2, -0.15) is 4.52 Å². The molecule has 1 atom stereocenters. The van der Waals surface area contributed by atoms with E-state index in [9.17, 15) is 9.90 Å². The molecular weight excluding hydrogens is 262 g/mol. The molecule has 0 radical (unpaired) electrons. The zero-order valence-corrected chi connectivity index (χ0v) is 10.9. The Labute approximate surface area is 114 Å². The highest BCUT2D eigenvalue weighted by Gasteiger charge is 2.31. The summed E-state index contributed by atoms with van der Waals surface area (Å²) in [6.07, 6.45) is 2.18. The Morgan fingerprint density at radius 2 is 2.25 bits per heavy atom. The minimum Gasteiger partial charge on any atom is -0.479 e. The first-order valence-corrected chi connectivity index (χ1v) is 6.39. The molecule has 1 unspecified atom stereocenters. The number of aliphatic hydroxyl groups is 1. The molecule has 2 aromatic heterocycles. The van der Waals surface area contributed by atoms with Crippen molar-refractivity contribution in [3.63, 3.8) is 0 Å². The van der Waals surface area contributed by atoms with E-state index in [0.29, 0.717) is 17.4 Å². The number of rotatable bonds is 5. The van der Waals surface area contributed by atoms with Crippen LogP contribution >= 0.6 is 0 Å². The van der Waals surface area contributed by atoms with Gasteiger partial charge in [0.15, 0.2) is 17.1 Å². The van der Waals surface area contributed by atoms with Gasteiger partial charge in [-0.25, -0.2) is 4.79 Å². The van der Waals surface area contributed by atoms with Crippen LogP contribution in [0, 0.1) is 0 Å². The van der Waals surface area contributed by atoms with E-state index in [1.54, 1.807) is 16.6 Å². The molecule has 0 aromatic carbocycles. The molecule has 20 heavy (non-hydrogen) atoms. The Bertz CT molecular complexity index is 662. The summed E-state index contributed by atoms with van der Waals surface area (Å²) in [4.78, 5) is 10.8. The van der Waals surface area contributed by atoms with Gasteiger partial charge in [0.25, 0.3) is 0 Å². The summed E-state index contributed by atoms with van der Waals surface area (Å²) in [5.41, 5.74) is -1.19. The second-order valence-electron chi connectivity index (χ2n) is 5.25. The van der Waals surface area contributed by atoms with Gasteiger partial charge in [0.05, 0.1) is 6.54 Å². The lowest BCUT2D eigenvalue weighted by atomic mass is 10.1. The minimum atomic E-state index is -1.84. The van der Waals surface area contributed by atoms with Crippen molar-refractivity contribution in [1.29, 1.82) is 0 Å². The highest BCUT2D eigenvalue weighted by atomic mass is 16.4. The van der Waals surface area contributed by atoms with Crippen molar-refractivity contribution < 1.29 is 15.0 Å². The van der Waals surface area contributed by atoms with Crippen molar-refractivity contribution in [2.45, 2.75) is 31.3 Å². The van der Waals surface area contributed by atoms with Crippen LogP contribution in [0.25, 0.3) is 5.65 Å². The van der Waals surface area contributed by atoms with E-state index in [1.165, 1.54) is 6.92 Å². The van der Waals surface area contributed by atoms with Crippen LogP contribution in [-0.2, 0) is 4.79 Å². The monoisotopic (exact) mass is 277 g/mol. The van der Waals surface area contributed by atoms with Crippen molar-refractivity contribution in [3.05, 3.63) is 18.0 Å². The van der Waals surface area contributed by atoms with Crippen LogP contribution < -0.4 is 5.32 Å². The summed E-state index contributed by atoms with van der Waals surface area (Å²) in [6.45, 7) is 1.09. The molecule has 3 N–H and O–H groups in total. The van der Waals surface area contributed by atoms with Gasteiger partial charge in [0, 0.05) is 5.92 Å². The second kappa shape index (κ2) is 4.41. The first-order valence-electron chi connectivity index (χ1n) is 6.39. The van der Waals surface area contributed by atoms with Gasteiger partial charge in [-0.05, 0) is 31.9 Å². The molecule has 2 aromatic rings. The average molecular weight is 277 g/mol. The molecule has 0 aliphatic heterocycles. The van der Waals surface area contributed by atoms with Crippen LogP contribution in [-0.4, -0.2) is 48.1 Å². The van der Waals surface area contributed by atoms with E-state index in [-0.39, 0.29) is 6.54 Å². The zero-order chi connectivity index (χ0) is 14.3. The molecule has 0 bridgehead atoms. The van der Waals surface area contributed by atoms with Gasteiger partial charge in [-0.3, -0.25) is 0 Å². The summed E-state index contributed by atoms with van der Waals surface area (Å²) in [6, 6.07) is 3.43. The normalized spacial score (nSPS) is 17.9. The third-order valence-corrected chi connectivity index (χ3v) is 3.30. The summed E-state index contributed by atoms with van der Waals surface area (Å²) in [5.74, 6) is 0.429. The van der Waals surface area contributed by atoms with Crippen LogP contribution in [0.3, 0.4) is 0 Å². The number of aliphatic carboxylic acids is 1. The van der Waals surface area contributed by atoms with Crippen LogP contribution in [0.4, 0.5) is 5.82 Å². The zero-order valence-electron chi connectivity index (χ0n) is 10.9. The van der Waals surface area contributed by atoms with Crippen LogP contribution in [0.15, 0.2) is 12.1 Å². The topological polar surface area (TPSA) is 113 Å². The fraction of sp³-hybridized carbons (Fsp3) is 0.500. The lowest BCUT2D eigenvalue weighted by Crippen LogP contribution is -2.42. The Kier molecular flexibility index (Phi) is 2.82. The molecule has 8 heteroatoms. The molecule has 3 rings (SSSR count). The van der Waals surface area contributed by atoms with E-state index in [1.807, 2.05) is 0 Å². The highest BCUT2D eigenvalue weighted by Crippen LogP contribution is 2.38. The lowest BCUT2D eigenvalue weighted by molar-refractivity contribution is -0.155. The maximum Gasteiger partial charge on any atom is 0.337 e. The van der Waals surface area contributed by atoms with Crippen molar-refractivity contribution >= 4 is 17.4 Å². The number of anilines is 1. The van der Waals surface area contributed by atoms with Crippen LogP contribution in [0.5, 0.6) is 0 Å². The average Bonchev–Trinajstić information content (AvgIpc) is 3.16. The Balaban J connectivity index is 1.82. The molecule has 8 nitrogen and oxygen atoms in total. The largest absolute Gasteiger partial charge is 0.479 e. The van der Waals surface area contributed by atoms with Gasteiger partial charge in [0.2, 0.25) is 0 Å². The van der Waals surface area contributed by atoms with Gasteiger partial charge >= 0.3 is 5.97 Å². The molecule has 1 saturated carbocycles. The Morgan fingerprint density at radius 1 is 1.50 bits per heavy atom. The van der Waals surface area contributed by atoms with Crippen molar-refractivity contribution in [2.24, 2.45) is 0 Å². The van der Waals surface area contributed by atoms with Gasteiger partial charge in [0.1, 0.15) is 5.82 Å². The maximum absolute atomic E-state index is 10.8. The number of nitrogens with one attached hydrogen (secondary N) is 1. The predicted molar refractivity (Wildman–Crippen MR) is 69.5 cm³/mol. The first-order chi connectivity index (χ1) is 9.47. The van der Waals surface area contributed by atoms with Gasteiger partial charge < -0.3 is 15.5 Å². The number of carboxylic acid groups (broad SMARTS) is 1. The summed E-state index contributed by atoms with van der Waals surface area (Å²) in [7, 11) is 0. The van der Waals surface area contributed by atoms with Crippen LogP contribution in [0.1, 0.15) is 31.5 Å². The third kappa shape index (κ3) is 2.29. The SMILES string of the molecule is CC(O)(CNc1ccc2nnc(C3CC3)n2n1)C(=O)O. The molecule has 1 aliphatic rings. The third-order valence-electron chi connectivity index (χ3n) is 3.30. The quantitative estimate of drug-likeness (QED) is 0.718. The number of nitrogens with zero attached hydrogens (tertiary/aromatic N) is 4. The number of fused-ring (bicyclic) bond motifs is 1. The fourth-order valence-corrected chi connectivity index (χ4v) is 1.83. The van der Waals surface area contributed by atoms with Crippen LogP contribution in [0.2, 0.25) is 0 Å². The maximum atomic E-state index is 10.8. The molecular formula is C12H15N5O3. The van der Waals surface area contributed by atoms with Gasteiger partial charge in [-0.15, -0.1) is 15.3 Å². The number of carbonyl (C=O) groups is 1. The Morgan fingerprint density at radius 3 is 2.90 bits per heavy atom. The fourth-order valence-electron chi connectivity index (χ4n) is 1.83. The first kappa shape index (κ1) is 12.8. The molecule has 1 aliphatic carbocycles. The van der Waals surface area contributed by atoms with Crippen molar-refractivity contribution in [1.82, 2.24) is 19.8 Å². The standard InChI is InChI=1S/C12H15N5O3/c1-12(20,11(18)19)6-13-8-4-5-9-14-15-10(7-2-3-7)17(9)16-8/h4-5,7,20H,2-3,6H2,1H3,(H,13,16)(H,18,19). The molecule has 0 saturated heterocycles. The molecule has 2 heterocycles. The number of hydrogen-bond donors (Lipinski definition) is 3. The molecule has 1 fully saturated rings. The van der Waals surface area contributed by atoms with E-state index in [2.05, 4.69) is 20.6 Å². The summed E-state index contributed by atoms with van der Waals surface area (Å²) < 4.78 is 1.66. The number of carboxylic acids is 1. The van der Waals surface area contributed by atoms with E-state index in [4.69, 9.17) is 5.11 Å². The predicted octanol–water partition coefficient (Wildman–Crippen LogP) is 0.249. The molecule has 106 valence electrons. The Hall–Kier alpha value is -2.22. The van der Waals surface area contributed by atoms with Crippen molar-refractivity contribution in [2.75, 3.05) is 11.9 Å². The molecule has 0 amide bonds. The van der Waals surface area contributed by atoms with E-state index >= 15 is 0 Å². The number of hydrogen-bond acceptors (Lipinski definition) is 6. The summed E-state index contributed by atoms with van der Waals surface area (Å²) >= 11 is 0. The number of aromatic nitrogens is 4. The summed E-state index contributed by atoms with van der Waals surface area (Å²) in [5, 5.41) is 33.8. The van der Waals surface area contributed by atoms with Crippen molar-refractivity contribution in [3.8, 4) is 0 Å².